The lowest BCUT2D eigenvalue weighted by Gasteiger charge is -2.06. The number of carbonyl (C=O) groups excluding carboxylic acids is 1. The van der Waals surface area contributed by atoms with E-state index < -0.39 is 7.32 Å². The zero-order valence-electron chi connectivity index (χ0n) is 8.59. The molecule has 0 heterocycles. The molecule has 0 aliphatic heterocycles. The molecule has 0 saturated carbocycles. The molecule has 1 rings (SSSR count). The first kappa shape index (κ1) is 12.3. The van der Waals surface area contributed by atoms with Crippen molar-refractivity contribution in [1.82, 2.24) is 0 Å². The number of carbonyl (C=O) groups is 1. The lowest BCUT2D eigenvalue weighted by molar-refractivity contribution is -0.115. The fourth-order valence-electron chi connectivity index (χ4n) is 1.08. The lowest BCUT2D eigenvalue weighted by Crippen LogP contribution is -2.20. The van der Waals surface area contributed by atoms with Crippen molar-refractivity contribution in [1.29, 1.82) is 0 Å². The molecule has 1 aromatic rings. The third-order valence-electron chi connectivity index (χ3n) is 1.71. The Morgan fingerprint density at radius 1 is 1.44 bits per heavy atom. The molecule has 0 aromatic heterocycles. The third-order valence-corrected chi connectivity index (χ3v) is 1.71. The predicted molar refractivity (Wildman–Crippen MR) is 60.7 cm³/mol. The van der Waals surface area contributed by atoms with Crippen molar-refractivity contribution < 1.29 is 19.5 Å². The molecule has 0 spiro atoms. The van der Waals surface area contributed by atoms with Gasteiger partial charge in [0.2, 0.25) is 5.91 Å². The molecule has 3 N–H and O–H groups in total. The van der Waals surface area contributed by atoms with Gasteiger partial charge in [0, 0.05) is 12.1 Å². The number of nitrogens with one attached hydrogen (secondary N) is 1. The van der Waals surface area contributed by atoms with Gasteiger partial charge < -0.3 is 20.0 Å². The quantitative estimate of drug-likeness (QED) is 0.501. The third kappa shape index (κ3) is 4.16. The molecule has 16 heavy (non-hydrogen) atoms. The number of anilines is 1. The predicted octanol–water partition coefficient (Wildman–Crippen LogP) is 0.549. The summed E-state index contributed by atoms with van der Waals surface area (Å²) in [5, 5.41) is 19.7. The van der Waals surface area contributed by atoms with E-state index in [1.807, 2.05) is 0 Å². The first-order chi connectivity index (χ1) is 7.61. The Labute approximate surface area is 93.5 Å². The summed E-state index contributed by atoms with van der Waals surface area (Å²) in [4.78, 5) is 11.2. The van der Waals surface area contributed by atoms with E-state index in [2.05, 4.69) is 16.6 Å². The minimum atomic E-state index is -1.85. The van der Waals surface area contributed by atoms with Crippen molar-refractivity contribution in [2.24, 2.45) is 0 Å². The second-order valence-electron chi connectivity index (χ2n) is 3.01. The van der Waals surface area contributed by atoms with Gasteiger partial charge in [0.1, 0.15) is 5.75 Å². The van der Waals surface area contributed by atoms with Crippen LogP contribution >= 0.6 is 0 Å². The highest BCUT2D eigenvalue weighted by Gasteiger charge is 2.10. The van der Waals surface area contributed by atoms with Crippen LogP contribution in [-0.4, -0.2) is 23.3 Å². The van der Waals surface area contributed by atoms with E-state index in [1.54, 1.807) is 12.1 Å². The fraction of sp³-hybridized carbons (Fsp3) is 0.100. The highest BCUT2D eigenvalue weighted by molar-refractivity contribution is 6.33. The minimum Gasteiger partial charge on any atom is -0.512 e. The van der Waals surface area contributed by atoms with Crippen LogP contribution in [0.1, 0.15) is 6.42 Å². The second kappa shape index (κ2) is 5.94. The second-order valence-corrected chi connectivity index (χ2v) is 3.01. The molecule has 0 saturated heterocycles. The highest BCUT2D eigenvalue weighted by atomic mass is 16.6. The van der Waals surface area contributed by atoms with Crippen molar-refractivity contribution in [2.45, 2.75) is 6.42 Å². The Morgan fingerprint density at radius 2 is 2.06 bits per heavy atom. The van der Waals surface area contributed by atoms with Gasteiger partial charge >= 0.3 is 7.32 Å². The molecule has 0 bridgehead atoms. The summed E-state index contributed by atoms with van der Waals surface area (Å²) >= 11 is 0. The molecule has 5 nitrogen and oxygen atoms in total. The zero-order chi connectivity index (χ0) is 12.0. The lowest BCUT2D eigenvalue weighted by atomic mass is 10.2. The van der Waals surface area contributed by atoms with E-state index in [0.717, 1.165) is 0 Å². The Morgan fingerprint density at radius 3 is 2.56 bits per heavy atom. The Hall–Kier alpha value is -1.79. The summed E-state index contributed by atoms with van der Waals surface area (Å²) in [6.07, 6.45) is 1.75. The van der Waals surface area contributed by atoms with Crippen molar-refractivity contribution >= 4 is 18.9 Å². The van der Waals surface area contributed by atoms with Crippen LogP contribution < -0.4 is 9.97 Å². The Balaban J connectivity index is 2.57. The monoisotopic (exact) mass is 221 g/mol. The molecule has 1 aromatic carbocycles. The van der Waals surface area contributed by atoms with Crippen molar-refractivity contribution in [3.05, 3.63) is 36.9 Å². The molecule has 0 atom stereocenters. The van der Waals surface area contributed by atoms with Crippen LogP contribution in [0.4, 0.5) is 5.69 Å². The maximum atomic E-state index is 11.2. The summed E-state index contributed by atoms with van der Waals surface area (Å²) in [6.45, 7) is 3.45. The van der Waals surface area contributed by atoms with Gasteiger partial charge in [-0.05, 0) is 24.3 Å². The van der Waals surface area contributed by atoms with Crippen LogP contribution in [-0.2, 0) is 4.79 Å². The molecule has 84 valence electrons. The topological polar surface area (TPSA) is 78.8 Å². The van der Waals surface area contributed by atoms with Gasteiger partial charge in [-0.25, -0.2) is 0 Å². The Bertz CT molecular complexity index is 364. The van der Waals surface area contributed by atoms with Gasteiger partial charge in [-0.3, -0.25) is 4.79 Å². The average Bonchev–Trinajstić information content (AvgIpc) is 2.20. The highest BCUT2D eigenvalue weighted by Crippen LogP contribution is 2.15. The van der Waals surface area contributed by atoms with Crippen LogP contribution in [0.5, 0.6) is 5.75 Å². The summed E-state index contributed by atoms with van der Waals surface area (Å²) in [7, 11) is -1.85. The SMILES string of the molecule is C=CCC(=O)Nc1ccc(OB(O)O)cc1. The van der Waals surface area contributed by atoms with Crippen molar-refractivity contribution in [3.8, 4) is 5.75 Å². The molecular weight excluding hydrogens is 209 g/mol. The molecule has 6 heteroatoms. The first-order valence-corrected chi connectivity index (χ1v) is 4.65. The van der Waals surface area contributed by atoms with Crippen LogP contribution in [0, 0.1) is 0 Å². The van der Waals surface area contributed by atoms with Gasteiger partial charge in [-0.1, -0.05) is 6.08 Å². The first-order valence-electron chi connectivity index (χ1n) is 4.65. The normalized spacial score (nSPS) is 9.38. The fourth-order valence-corrected chi connectivity index (χ4v) is 1.08. The number of benzene rings is 1. The number of hydrogen-bond donors (Lipinski definition) is 3. The van der Waals surface area contributed by atoms with Crippen LogP contribution in [0.3, 0.4) is 0 Å². The molecule has 1 amide bonds. The van der Waals surface area contributed by atoms with Gasteiger partial charge in [-0.15, -0.1) is 6.58 Å². The summed E-state index contributed by atoms with van der Waals surface area (Å²) in [6, 6.07) is 6.23. The molecule has 0 fully saturated rings. The molecular formula is C10H12BNO4. The summed E-state index contributed by atoms with van der Waals surface area (Å²) < 4.78 is 4.60. The van der Waals surface area contributed by atoms with E-state index in [0.29, 0.717) is 11.4 Å². The van der Waals surface area contributed by atoms with E-state index in [-0.39, 0.29) is 12.3 Å². The van der Waals surface area contributed by atoms with E-state index >= 15 is 0 Å². The van der Waals surface area contributed by atoms with E-state index in [4.69, 9.17) is 10.0 Å². The van der Waals surface area contributed by atoms with Gasteiger partial charge in [-0.2, -0.15) is 0 Å². The molecule has 0 radical (unpaired) electrons. The van der Waals surface area contributed by atoms with Gasteiger partial charge in [0.15, 0.2) is 0 Å². The van der Waals surface area contributed by atoms with Crippen LogP contribution in [0.2, 0.25) is 0 Å². The molecule has 0 aliphatic rings. The van der Waals surface area contributed by atoms with Crippen molar-refractivity contribution in [3.63, 3.8) is 0 Å². The summed E-state index contributed by atoms with van der Waals surface area (Å²) in [5.41, 5.74) is 0.603. The number of hydrogen-bond acceptors (Lipinski definition) is 4. The van der Waals surface area contributed by atoms with Gasteiger partial charge in [0.25, 0.3) is 0 Å². The Kier molecular flexibility index (Phi) is 4.56. The summed E-state index contributed by atoms with van der Waals surface area (Å²) in [5.74, 6) is 0.141. The molecule has 0 aliphatic carbocycles. The minimum absolute atomic E-state index is 0.161. The largest absolute Gasteiger partial charge is 0.707 e. The average molecular weight is 221 g/mol. The van der Waals surface area contributed by atoms with Crippen molar-refractivity contribution in [2.75, 3.05) is 5.32 Å². The number of amides is 1. The number of rotatable bonds is 5. The van der Waals surface area contributed by atoms with Crippen LogP contribution in [0.25, 0.3) is 0 Å². The molecule has 0 unspecified atom stereocenters. The smallest absolute Gasteiger partial charge is 0.512 e. The standard InChI is InChI=1S/C10H12BNO4/c1-2-3-10(13)12-8-4-6-9(7-5-8)16-11(14)15/h2,4-7,14-15H,1,3H2,(H,12,13). The van der Waals surface area contributed by atoms with Gasteiger partial charge in [0.05, 0.1) is 0 Å². The maximum absolute atomic E-state index is 11.2. The zero-order valence-corrected chi connectivity index (χ0v) is 8.59. The van der Waals surface area contributed by atoms with Crippen LogP contribution in [0.15, 0.2) is 36.9 Å². The maximum Gasteiger partial charge on any atom is 0.707 e. The van der Waals surface area contributed by atoms with E-state index in [1.165, 1.54) is 18.2 Å². The van der Waals surface area contributed by atoms with E-state index in [9.17, 15) is 4.79 Å².